The van der Waals surface area contributed by atoms with E-state index in [0.29, 0.717) is 18.3 Å². The average molecular weight is 492 g/mol. The number of aliphatic carboxylic acids is 1. The summed E-state index contributed by atoms with van der Waals surface area (Å²) in [6, 6.07) is 9.89. The van der Waals surface area contributed by atoms with E-state index in [2.05, 4.69) is 17.2 Å². The van der Waals surface area contributed by atoms with E-state index in [1.54, 1.807) is 6.20 Å². The molecule has 2 amide bonds. The van der Waals surface area contributed by atoms with Crippen LogP contribution in [0.2, 0.25) is 0 Å². The first-order valence-corrected chi connectivity index (χ1v) is 13.4. The van der Waals surface area contributed by atoms with E-state index >= 15 is 0 Å². The van der Waals surface area contributed by atoms with Crippen molar-refractivity contribution in [2.75, 3.05) is 24.2 Å². The Morgan fingerprint density at radius 2 is 1.97 bits per heavy atom. The standard InChI is InChI=1S/C24H33N3O4S2/c1-2-18-10-12-19(13-11-18)27(14-6-7-15-31-20-8-4-3-5-9-20)24(30)26-23-25-16-22(33-23)32-17-21(28)29/h3-5,8-9,16,18-19H,2,6-7,10-15,17H2,1H3,(H,28,29)(H,25,26,30)/t18-,19-. The summed E-state index contributed by atoms with van der Waals surface area (Å²) in [7, 11) is 0. The molecule has 9 heteroatoms. The fourth-order valence-corrected chi connectivity index (χ4v) is 5.67. The Kier molecular flexibility index (Phi) is 10.3. The van der Waals surface area contributed by atoms with Gasteiger partial charge in [0.1, 0.15) is 5.75 Å². The van der Waals surface area contributed by atoms with Crippen molar-refractivity contribution in [3.63, 3.8) is 0 Å². The molecule has 0 atom stereocenters. The third-order valence-electron chi connectivity index (χ3n) is 5.94. The first kappa shape index (κ1) is 25.4. The maximum Gasteiger partial charge on any atom is 0.323 e. The normalized spacial score (nSPS) is 18.0. The molecule has 1 aliphatic carbocycles. The van der Waals surface area contributed by atoms with Crippen molar-refractivity contribution in [2.24, 2.45) is 5.92 Å². The van der Waals surface area contributed by atoms with Crippen molar-refractivity contribution in [1.82, 2.24) is 9.88 Å². The maximum atomic E-state index is 13.2. The smallest absolute Gasteiger partial charge is 0.323 e. The van der Waals surface area contributed by atoms with Crippen molar-refractivity contribution >= 4 is 40.2 Å². The highest BCUT2D eigenvalue weighted by Crippen LogP contribution is 2.31. The predicted molar refractivity (Wildman–Crippen MR) is 133 cm³/mol. The first-order valence-electron chi connectivity index (χ1n) is 11.6. The Bertz CT molecular complexity index is 870. The predicted octanol–water partition coefficient (Wildman–Crippen LogP) is 5.98. The number of rotatable bonds is 12. The van der Waals surface area contributed by atoms with Crippen LogP contribution < -0.4 is 10.1 Å². The van der Waals surface area contributed by atoms with Crippen LogP contribution in [0.4, 0.5) is 9.93 Å². The lowest BCUT2D eigenvalue weighted by atomic mass is 9.84. The van der Waals surface area contributed by atoms with E-state index in [-0.39, 0.29) is 17.8 Å². The summed E-state index contributed by atoms with van der Waals surface area (Å²) in [5, 5.41) is 12.3. The van der Waals surface area contributed by atoms with Crippen LogP contribution in [0, 0.1) is 5.92 Å². The number of ether oxygens (including phenoxy) is 1. The topological polar surface area (TPSA) is 91.8 Å². The van der Waals surface area contributed by atoms with E-state index in [9.17, 15) is 9.59 Å². The number of aromatic nitrogens is 1. The summed E-state index contributed by atoms with van der Waals surface area (Å²) >= 11 is 2.52. The quantitative estimate of drug-likeness (QED) is 0.280. The van der Waals surface area contributed by atoms with Gasteiger partial charge in [-0.15, -0.1) is 11.8 Å². The number of nitrogens with zero attached hydrogens (tertiary/aromatic N) is 2. The molecule has 0 radical (unpaired) electrons. The van der Waals surface area contributed by atoms with Crippen LogP contribution in [-0.2, 0) is 4.79 Å². The molecule has 1 fully saturated rings. The molecule has 2 N–H and O–H groups in total. The molecule has 1 saturated carbocycles. The number of unbranched alkanes of at least 4 members (excludes halogenated alkanes) is 1. The van der Waals surface area contributed by atoms with Crippen molar-refractivity contribution in [3.05, 3.63) is 36.5 Å². The molecule has 0 unspecified atom stereocenters. The number of carboxylic acids is 1. The lowest BCUT2D eigenvalue weighted by Gasteiger charge is -2.36. The van der Waals surface area contributed by atoms with Gasteiger partial charge < -0.3 is 14.7 Å². The molecule has 1 aromatic heterocycles. The van der Waals surface area contributed by atoms with Crippen LogP contribution >= 0.6 is 23.1 Å². The van der Waals surface area contributed by atoms with Gasteiger partial charge in [0.05, 0.1) is 22.8 Å². The molecule has 180 valence electrons. The Labute approximate surface area is 203 Å². The maximum absolute atomic E-state index is 13.2. The van der Waals surface area contributed by atoms with Crippen LogP contribution in [0.5, 0.6) is 5.75 Å². The molecular weight excluding hydrogens is 458 g/mol. The number of carboxylic acid groups (broad SMARTS) is 1. The number of amides is 2. The largest absolute Gasteiger partial charge is 0.494 e. The minimum Gasteiger partial charge on any atom is -0.494 e. The van der Waals surface area contributed by atoms with Crippen molar-refractivity contribution in [3.8, 4) is 5.75 Å². The Morgan fingerprint density at radius 1 is 1.21 bits per heavy atom. The van der Waals surface area contributed by atoms with E-state index in [1.807, 2.05) is 35.2 Å². The van der Waals surface area contributed by atoms with Gasteiger partial charge in [-0.25, -0.2) is 9.78 Å². The fourth-order valence-electron chi connectivity index (χ4n) is 4.09. The summed E-state index contributed by atoms with van der Waals surface area (Å²) in [4.78, 5) is 30.2. The van der Waals surface area contributed by atoms with Crippen molar-refractivity contribution in [1.29, 1.82) is 0 Å². The van der Waals surface area contributed by atoms with Crippen molar-refractivity contribution in [2.45, 2.75) is 62.1 Å². The van der Waals surface area contributed by atoms with Gasteiger partial charge in [-0.3, -0.25) is 10.1 Å². The number of hydrogen-bond donors (Lipinski definition) is 2. The van der Waals surface area contributed by atoms with Gasteiger partial charge in [0.2, 0.25) is 0 Å². The molecule has 0 aliphatic heterocycles. The van der Waals surface area contributed by atoms with Crippen LogP contribution in [0.25, 0.3) is 0 Å². The number of anilines is 1. The number of hydrogen-bond acceptors (Lipinski definition) is 6. The highest BCUT2D eigenvalue weighted by Gasteiger charge is 2.28. The van der Waals surface area contributed by atoms with Gasteiger partial charge >= 0.3 is 12.0 Å². The number of nitrogens with one attached hydrogen (secondary N) is 1. The van der Waals surface area contributed by atoms with Gasteiger partial charge in [-0.2, -0.15) is 0 Å². The Balaban J connectivity index is 1.53. The van der Waals surface area contributed by atoms with Crippen LogP contribution in [0.1, 0.15) is 51.9 Å². The van der Waals surface area contributed by atoms with Gasteiger partial charge in [-0.05, 0) is 56.6 Å². The molecule has 1 heterocycles. The fraction of sp³-hybridized carbons (Fsp3) is 0.542. The second kappa shape index (κ2) is 13.4. The summed E-state index contributed by atoms with van der Waals surface area (Å²) in [5.74, 6) is 0.737. The highest BCUT2D eigenvalue weighted by atomic mass is 32.2. The molecule has 0 bridgehead atoms. The molecule has 2 aromatic rings. The molecular formula is C24H33N3O4S2. The monoisotopic (exact) mass is 491 g/mol. The average Bonchev–Trinajstić information content (AvgIpc) is 3.28. The third-order valence-corrected chi connectivity index (χ3v) is 8.03. The van der Waals surface area contributed by atoms with E-state index in [4.69, 9.17) is 9.84 Å². The van der Waals surface area contributed by atoms with E-state index in [1.165, 1.54) is 29.5 Å². The van der Waals surface area contributed by atoms with Gasteiger partial charge in [0.15, 0.2) is 5.13 Å². The number of thiazole rings is 1. The number of carbonyl (C=O) groups excluding carboxylic acids is 1. The number of benzene rings is 1. The molecule has 33 heavy (non-hydrogen) atoms. The minimum absolute atomic E-state index is 0.0204. The minimum atomic E-state index is -0.871. The molecule has 1 aliphatic rings. The van der Waals surface area contributed by atoms with E-state index < -0.39 is 5.97 Å². The zero-order chi connectivity index (χ0) is 23.5. The SMILES string of the molecule is CC[C@H]1CC[C@H](N(CCCCOc2ccccc2)C(=O)Nc2ncc(SCC(=O)O)s2)CC1. The van der Waals surface area contributed by atoms with Gasteiger partial charge in [0.25, 0.3) is 0 Å². The number of thioether (sulfide) groups is 1. The van der Waals surface area contributed by atoms with Gasteiger partial charge in [0, 0.05) is 12.6 Å². The summed E-state index contributed by atoms with van der Waals surface area (Å²) in [6.07, 6.45) is 8.94. The van der Waals surface area contributed by atoms with Crippen LogP contribution in [0.3, 0.4) is 0 Å². The molecule has 3 rings (SSSR count). The first-order chi connectivity index (χ1) is 16.0. The summed E-state index contributed by atoms with van der Waals surface area (Å²) < 4.78 is 6.57. The van der Waals surface area contributed by atoms with Gasteiger partial charge in [-0.1, -0.05) is 42.9 Å². The van der Waals surface area contributed by atoms with E-state index in [0.717, 1.165) is 54.4 Å². The number of para-hydroxylation sites is 1. The molecule has 0 saturated heterocycles. The Morgan fingerprint density at radius 3 is 2.67 bits per heavy atom. The van der Waals surface area contributed by atoms with Crippen LogP contribution in [-0.4, -0.2) is 51.9 Å². The summed E-state index contributed by atoms with van der Waals surface area (Å²) in [5.41, 5.74) is 0. The molecule has 0 spiro atoms. The van der Waals surface area contributed by atoms with Crippen LogP contribution in [0.15, 0.2) is 40.7 Å². The number of carbonyl (C=O) groups is 2. The lowest BCUT2D eigenvalue weighted by molar-refractivity contribution is -0.133. The zero-order valence-electron chi connectivity index (χ0n) is 19.1. The Hall–Kier alpha value is -2.26. The third kappa shape index (κ3) is 8.55. The molecule has 7 nitrogen and oxygen atoms in total. The summed E-state index contributed by atoms with van der Waals surface area (Å²) in [6.45, 7) is 3.54. The highest BCUT2D eigenvalue weighted by molar-refractivity contribution is 8.01. The second-order valence-corrected chi connectivity index (χ2v) is 10.5. The molecule has 1 aromatic carbocycles. The second-order valence-electron chi connectivity index (χ2n) is 8.24. The lowest BCUT2D eigenvalue weighted by Crippen LogP contribution is -2.45. The zero-order valence-corrected chi connectivity index (χ0v) is 20.7. The van der Waals surface area contributed by atoms with Crippen molar-refractivity contribution < 1.29 is 19.4 Å². The number of urea groups is 1.